The van der Waals surface area contributed by atoms with Gasteiger partial charge in [-0.1, -0.05) is 18.2 Å². The molecule has 1 amide bonds. The Morgan fingerprint density at radius 2 is 2.00 bits per heavy atom. The molecular weight excluding hydrogens is 343 g/mol. The minimum Gasteiger partial charge on any atom is -0.481 e. The third-order valence-electron chi connectivity index (χ3n) is 4.29. The SMILES string of the molecule is O=C(O)CC(CC(=O)Nc1nc2c(s1)CCCC2)c1ccccc1F. The molecule has 0 spiro atoms. The van der Waals surface area contributed by atoms with E-state index in [1.54, 1.807) is 6.07 Å². The number of hydrogen-bond acceptors (Lipinski definition) is 4. The van der Waals surface area contributed by atoms with Gasteiger partial charge in [-0.25, -0.2) is 9.37 Å². The van der Waals surface area contributed by atoms with E-state index in [-0.39, 0.29) is 24.3 Å². The van der Waals surface area contributed by atoms with Gasteiger partial charge in [0.2, 0.25) is 5.91 Å². The maximum atomic E-state index is 14.0. The molecule has 1 aliphatic rings. The molecule has 0 saturated heterocycles. The first-order chi connectivity index (χ1) is 12.0. The number of anilines is 1. The van der Waals surface area contributed by atoms with Gasteiger partial charge in [0.05, 0.1) is 12.1 Å². The Morgan fingerprint density at radius 3 is 2.72 bits per heavy atom. The zero-order chi connectivity index (χ0) is 17.8. The van der Waals surface area contributed by atoms with Crippen LogP contribution in [-0.2, 0) is 22.4 Å². The number of nitrogens with one attached hydrogen (secondary N) is 1. The maximum absolute atomic E-state index is 14.0. The number of carbonyl (C=O) groups excluding carboxylic acids is 1. The van der Waals surface area contributed by atoms with E-state index in [1.165, 1.54) is 34.4 Å². The summed E-state index contributed by atoms with van der Waals surface area (Å²) in [5, 5.41) is 12.4. The van der Waals surface area contributed by atoms with Crippen LogP contribution in [0.15, 0.2) is 24.3 Å². The molecule has 0 aliphatic heterocycles. The van der Waals surface area contributed by atoms with Crippen molar-refractivity contribution in [2.24, 2.45) is 0 Å². The number of benzene rings is 1. The van der Waals surface area contributed by atoms with E-state index in [9.17, 15) is 14.0 Å². The van der Waals surface area contributed by atoms with Gasteiger partial charge in [-0.3, -0.25) is 9.59 Å². The van der Waals surface area contributed by atoms with Gasteiger partial charge in [-0.2, -0.15) is 0 Å². The largest absolute Gasteiger partial charge is 0.481 e. The number of aryl methyl sites for hydroxylation is 2. The van der Waals surface area contributed by atoms with Crippen LogP contribution in [0.25, 0.3) is 0 Å². The molecule has 1 aliphatic carbocycles. The molecule has 0 radical (unpaired) electrons. The van der Waals surface area contributed by atoms with Gasteiger partial charge in [0, 0.05) is 17.2 Å². The van der Waals surface area contributed by atoms with Gasteiger partial charge in [0.1, 0.15) is 5.82 Å². The number of nitrogens with zero attached hydrogens (tertiary/aromatic N) is 1. The van der Waals surface area contributed by atoms with Crippen LogP contribution in [0, 0.1) is 5.82 Å². The monoisotopic (exact) mass is 362 g/mol. The summed E-state index contributed by atoms with van der Waals surface area (Å²) in [4.78, 5) is 29.1. The second kappa shape index (κ2) is 7.74. The topological polar surface area (TPSA) is 79.3 Å². The number of hydrogen-bond donors (Lipinski definition) is 2. The quantitative estimate of drug-likeness (QED) is 0.820. The van der Waals surface area contributed by atoms with Crippen LogP contribution in [-0.4, -0.2) is 22.0 Å². The van der Waals surface area contributed by atoms with E-state index in [2.05, 4.69) is 10.3 Å². The van der Waals surface area contributed by atoms with E-state index >= 15 is 0 Å². The number of aromatic nitrogens is 1. The standard InChI is InChI=1S/C18H19FN2O3S/c19-13-6-2-1-5-12(13)11(10-17(23)24)9-16(22)21-18-20-14-7-3-4-8-15(14)25-18/h1-2,5-6,11H,3-4,7-10H2,(H,23,24)(H,20,21,22). The van der Waals surface area contributed by atoms with Gasteiger partial charge in [-0.15, -0.1) is 11.3 Å². The van der Waals surface area contributed by atoms with Crippen molar-refractivity contribution in [1.82, 2.24) is 4.98 Å². The lowest BCUT2D eigenvalue weighted by Gasteiger charge is -2.15. The van der Waals surface area contributed by atoms with Gasteiger partial charge >= 0.3 is 5.97 Å². The first-order valence-electron chi connectivity index (χ1n) is 8.27. The molecule has 5 nitrogen and oxygen atoms in total. The van der Waals surface area contributed by atoms with Crippen molar-refractivity contribution < 1.29 is 19.1 Å². The number of fused-ring (bicyclic) bond motifs is 1. The zero-order valence-corrected chi connectivity index (χ0v) is 14.4. The third kappa shape index (κ3) is 4.42. The molecule has 1 aromatic carbocycles. The lowest BCUT2D eigenvalue weighted by Crippen LogP contribution is -2.18. The van der Waals surface area contributed by atoms with Crippen LogP contribution < -0.4 is 5.32 Å². The van der Waals surface area contributed by atoms with Crippen LogP contribution in [0.5, 0.6) is 0 Å². The predicted molar refractivity (Wildman–Crippen MR) is 93.4 cm³/mol. The van der Waals surface area contributed by atoms with Gasteiger partial charge in [0.25, 0.3) is 0 Å². The molecule has 0 fully saturated rings. The summed E-state index contributed by atoms with van der Waals surface area (Å²) in [6.45, 7) is 0. The summed E-state index contributed by atoms with van der Waals surface area (Å²) in [5.74, 6) is -2.62. The highest BCUT2D eigenvalue weighted by atomic mass is 32.1. The molecule has 1 aromatic heterocycles. The number of carbonyl (C=O) groups is 2. The first-order valence-corrected chi connectivity index (χ1v) is 9.09. The highest BCUT2D eigenvalue weighted by Crippen LogP contribution is 2.31. The van der Waals surface area contributed by atoms with E-state index in [0.29, 0.717) is 5.13 Å². The fourth-order valence-electron chi connectivity index (χ4n) is 3.11. The van der Waals surface area contributed by atoms with Crippen LogP contribution in [0.3, 0.4) is 0 Å². The van der Waals surface area contributed by atoms with Crippen molar-refractivity contribution in [1.29, 1.82) is 0 Å². The molecule has 25 heavy (non-hydrogen) atoms. The number of halogens is 1. The highest BCUT2D eigenvalue weighted by molar-refractivity contribution is 7.15. The summed E-state index contributed by atoms with van der Waals surface area (Å²) >= 11 is 1.47. The van der Waals surface area contributed by atoms with Crippen LogP contribution >= 0.6 is 11.3 Å². The molecule has 1 heterocycles. The van der Waals surface area contributed by atoms with E-state index < -0.39 is 17.7 Å². The number of rotatable bonds is 6. The number of amides is 1. The maximum Gasteiger partial charge on any atom is 0.303 e. The number of aliphatic carboxylic acids is 1. The molecule has 0 bridgehead atoms. The van der Waals surface area contributed by atoms with Gasteiger partial charge in [-0.05, 0) is 37.3 Å². The van der Waals surface area contributed by atoms with Crippen LogP contribution in [0.2, 0.25) is 0 Å². The summed E-state index contributed by atoms with van der Waals surface area (Å²) < 4.78 is 14.0. The zero-order valence-electron chi connectivity index (χ0n) is 13.6. The minimum absolute atomic E-state index is 0.0997. The van der Waals surface area contributed by atoms with Crippen molar-refractivity contribution in [3.05, 3.63) is 46.2 Å². The van der Waals surface area contributed by atoms with Gasteiger partial charge < -0.3 is 10.4 Å². The lowest BCUT2D eigenvalue weighted by molar-refractivity contribution is -0.137. The fraction of sp³-hybridized carbons (Fsp3) is 0.389. The van der Waals surface area contributed by atoms with Crippen molar-refractivity contribution >= 4 is 28.3 Å². The Bertz CT molecular complexity index is 767. The summed E-state index contributed by atoms with van der Waals surface area (Å²) in [7, 11) is 0. The summed E-state index contributed by atoms with van der Waals surface area (Å²) in [6.07, 6.45) is 3.76. The number of carboxylic acids is 1. The smallest absolute Gasteiger partial charge is 0.303 e. The van der Waals surface area contributed by atoms with E-state index in [0.717, 1.165) is 31.4 Å². The van der Waals surface area contributed by atoms with E-state index in [1.807, 2.05) is 0 Å². The van der Waals surface area contributed by atoms with E-state index in [4.69, 9.17) is 5.11 Å². The predicted octanol–water partition coefficient (Wildman–Crippen LogP) is 3.75. The number of thiazole rings is 1. The van der Waals surface area contributed by atoms with Gasteiger partial charge in [0.15, 0.2) is 5.13 Å². The Labute approximate surface area is 148 Å². The molecule has 1 atom stereocenters. The third-order valence-corrected chi connectivity index (χ3v) is 5.36. The summed E-state index contributed by atoms with van der Waals surface area (Å²) in [6, 6.07) is 5.98. The van der Waals surface area contributed by atoms with Crippen molar-refractivity contribution in [3.63, 3.8) is 0 Å². The Hall–Kier alpha value is -2.28. The summed E-state index contributed by atoms with van der Waals surface area (Å²) in [5.41, 5.74) is 1.29. The Morgan fingerprint density at radius 1 is 1.24 bits per heavy atom. The normalized spacial score (nSPS) is 14.6. The Kier molecular flexibility index (Phi) is 5.43. The molecule has 2 aromatic rings. The number of carboxylic acid groups (broad SMARTS) is 1. The van der Waals surface area contributed by atoms with Crippen LogP contribution in [0.1, 0.15) is 47.7 Å². The Balaban J connectivity index is 1.71. The molecular formula is C18H19FN2O3S. The van der Waals surface area contributed by atoms with Crippen molar-refractivity contribution in [2.75, 3.05) is 5.32 Å². The lowest BCUT2D eigenvalue weighted by atomic mass is 9.92. The molecule has 132 valence electrons. The second-order valence-corrected chi connectivity index (χ2v) is 7.25. The average Bonchev–Trinajstić information content (AvgIpc) is 2.96. The van der Waals surface area contributed by atoms with Crippen molar-refractivity contribution in [3.8, 4) is 0 Å². The van der Waals surface area contributed by atoms with Crippen molar-refractivity contribution in [2.45, 2.75) is 44.4 Å². The average molecular weight is 362 g/mol. The second-order valence-electron chi connectivity index (χ2n) is 6.16. The molecule has 1 unspecified atom stereocenters. The highest BCUT2D eigenvalue weighted by Gasteiger charge is 2.23. The first kappa shape index (κ1) is 17.5. The molecule has 7 heteroatoms. The molecule has 2 N–H and O–H groups in total. The minimum atomic E-state index is -1.06. The molecule has 0 saturated carbocycles. The molecule has 3 rings (SSSR count). The van der Waals surface area contributed by atoms with Crippen LogP contribution in [0.4, 0.5) is 9.52 Å². The fourth-order valence-corrected chi connectivity index (χ4v) is 4.17.